The summed E-state index contributed by atoms with van der Waals surface area (Å²) >= 11 is 0. The number of fused-ring (bicyclic) bond motifs is 1. The zero-order valence-corrected chi connectivity index (χ0v) is 21.0. The molecular weight excluding hydrogens is 484 g/mol. The molecule has 194 valence electrons. The van der Waals surface area contributed by atoms with Gasteiger partial charge in [0.25, 0.3) is 11.8 Å². The summed E-state index contributed by atoms with van der Waals surface area (Å²) in [7, 11) is 1.87. The van der Waals surface area contributed by atoms with Gasteiger partial charge in [-0.1, -0.05) is 12.5 Å². The van der Waals surface area contributed by atoms with E-state index >= 15 is 0 Å². The molecule has 2 aromatic heterocycles. The van der Waals surface area contributed by atoms with Crippen molar-refractivity contribution in [2.75, 3.05) is 0 Å². The summed E-state index contributed by atoms with van der Waals surface area (Å²) in [5.41, 5.74) is 4.33. The average molecular weight is 513 g/mol. The minimum absolute atomic E-state index is 0.196. The van der Waals surface area contributed by atoms with Crippen molar-refractivity contribution < 1.29 is 19.2 Å². The van der Waals surface area contributed by atoms with E-state index < -0.39 is 11.9 Å². The fourth-order valence-electron chi connectivity index (χ4n) is 5.59. The summed E-state index contributed by atoms with van der Waals surface area (Å²) in [6, 6.07) is 7.97. The number of benzene rings is 1. The van der Waals surface area contributed by atoms with Gasteiger partial charge in [0.05, 0.1) is 17.9 Å². The number of hydrogen-bond donors (Lipinski definition) is 2. The molecule has 1 aliphatic carbocycles. The summed E-state index contributed by atoms with van der Waals surface area (Å²) in [6.45, 7) is 0.221. The van der Waals surface area contributed by atoms with E-state index in [0.717, 1.165) is 36.1 Å². The first-order valence-corrected chi connectivity index (χ1v) is 12.9. The third-order valence-corrected chi connectivity index (χ3v) is 7.84. The second kappa shape index (κ2) is 9.51. The Labute approximate surface area is 219 Å². The monoisotopic (exact) mass is 512 g/mol. The van der Waals surface area contributed by atoms with Crippen molar-refractivity contribution in [1.29, 1.82) is 0 Å². The van der Waals surface area contributed by atoms with E-state index in [9.17, 15) is 19.2 Å². The number of carbonyl (C=O) groups is 4. The molecule has 2 N–H and O–H groups in total. The largest absolute Gasteiger partial charge is 0.343 e. The van der Waals surface area contributed by atoms with Gasteiger partial charge in [0.1, 0.15) is 6.04 Å². The van der Waals surface area contributed by atoms with E-state index in [4.69, 9.17) is 4.98 Å². The number of aryl methyl sites for hydroxylation is 1. The molecule has 4 heterocycles. The normalized spacial score (nSPS) is 20.1. The van der Waals surface area contributed by atoms with Crippen LogP contribution in [-0.2, 0) is 23.2 Å². The molecule has 4 amide bonds. The van der Waals surface area contributed by atoms with Gasteiger partial charge in [0.15, 0.2) is 0 Å². The second-order valence-electron chi connectivity index (χ2n) is 10.3. The zero-order valence-electron chi connectivity index (χ0n) is 21.0. The summed E-state index contributed by atoms with van der Waals surface area (Å²) in [5, 5.41) is 9.84. The van der Waals surface area contributed by atoms with E-state index in [1.807, 2.05) is 25.4 Å². The van der Waals surface area contributed by atoms with Gasteiger partial charge in [-0.3, -0.25) is 34.2 Å². The molecule has 1 saturated heterocycles. The Kier molecular flexibility index (Phi) is 6.01. The van der Waals surface area contributed by atoms with E-state index in [2.05, 4.69) is 15.7 Å². The molecule has 0 radical (unpaired) electrons. The molecule has 38 heavy (non-hydrogen) atoms. The van der Waals surface area contributed by atoms with Crippen LogP contribution in [0.1, 0.15) is 70.1 Å². The van der Waals surface area contributed by atoms with Crippen molar-refractivity contribution in [3.8, 4) is 11.1 Å². The van der Waals surface area contributed by atoms with Crippen LogP contribution in [0.2, 0.25) is 0 Å². The number of aromatic nitrogens is 3. The van der Waals surface area contributed by atoms with Crippen LogP contribution in [-0.4, -0.2) is 49.3 Å². The molecule has 6 rings (SSSR count). The third-order valence-electron chi connectivity index (χ3n) is 7.84. The van der Waals surface area contributed by atoms with E-state index in [-0.39, 0.29) is 42.6 Å². The van der Waals surface area contributed by atoms with Crippen molar-refractivity contribution in [3.05, 3.63) is 71.3 Å². The van der Waals surface area contributed by atoms with Crippen LogP contribution in [0, 0.1) is 5.92 Å². The number of pyridine rings is 1. The van der Waals surface area contributed by atoms with E-state index in [1.54, 1.807) is 35.3 Å². The predicted octanol–water partition coefficient (Wildman–Crippen LogP) is 2.51. The Morgan fingerprint density at radius 3 is 2.68 bits per heavy atom. The molecule has 10 nitrogen and oxygen atoms in total. The molecule has 1 saturated carbocycles. The maximum atomic E-state index is 13.5. The summed E-state index contributed by atoms with van der Waals surface area (Å²) in [4.78, 5) is 56.6. The van der Waals surface area contributed by atoms with Gasteiger partial charge in [-0.15, -0.1) is 0 Å². The summed E-state index contributed by atoms with van der Waals surface area (Å²) in [6.07, 6.45) is 9.10. The van der Waals surface area contributed by atoms with Crippen molar-refractivity contribution in [1.82, 2.24) is 30.3 Å². The fourth-order valence-corrected chi connectivity index (χ4v) is 5.59. The van der Waals surface area contributed by atoms with Crippen LogP contribution in [0.25, 0.3) is 11.1 Å². The van der Waals surface area contributed by atoms with Crippen LogP contribution in [0.5, 0.6) is 0 Å². The highest BCUT2D eigenvalue weighted by atomic mass is 16.2. The zero-order chi connectivity index (χ0) is 26.4. The second-order valence-corrected chi connectivity index (χ2v) is 10.3. The number of amides is 4. The molecule has 2 aliphatic heterocycles. The number of imide groups is 1. The van der Waals surface area contributed by atoms with Crippen LogP contribution >= 0.6 is 0 Å². The molecule has 0 bridgehead atoms. The van der Waals surface area contributed by atoms with Crippen LogP contribution < -0.4 is 10.6 Å². The maximum Gasteiger partial charge on any atom is 0.255 e. The van der Waals surface area contributed by atoms with Crippen molar-refractivity contribution >= 4 is 23.6 Å². The number of carbonyl (C=O) groups excluding carboxylic acids is 4. The fraction of sp³-hybridized carbons (Fsp3) is 0.357. The van der Waals surface area contributed by atoms with Gasteiger partial charge >= 0.3 is 0 Å². The lowest BCUT2D eigenvalue weighted by atomic mass is 9.77. The van der Waals surface area contributed by atoms with Crippen LogP contribution in [0.3, 0.4) is 0 Å². The number of rotatable bonds is 6. The minimum Gasteiger partial charge on any atom is -0.343 e. The van der Waals surface area contributed by atoms with Crippen molar-refractivity contribution in [3.63, 3.8) is 0 Å². The Morgan fingerprint density at radius 2 is 1.97 bits per heavy atom. The third kappa shape index (κ3) is 4.25. The number of piperidine rings is 1. The van der Waals surface area contributed by atoms with Crippen molar-refractivity contribution in [2.45, 2.75) is 50.7 Å². The first-order chi connectivity index (χ1) is 18.4. The highest BCUT2D eigenvalue weighted by molar-refractivity contribution is 6.06. The number of nitrogens with zero attached hydrogens (tertiary/aromatic N) is 4. The van der Waals surface area contributed by atoms with Gasteiger partial charge in [-0.25, -0.2) is 0 Å². The molecule has 0 unspecified atom stereocenters. The molecule has 0 spiro atoms. The molecule has 3 aromatic rings. The minimum atomic E-state index is -0.692. The van der Waals surface area contributed by atoms with E-state index in [0.29, 0.717) is 23.1 Å². The van der Waals surface area contributed by atoms with Gasteiger partial charge in [-0.2, -0.15) is 5.10 Å². The van der Waals surface area contributed by atoms with Crippen molar-refractivity contribution in [2.24, 2.45) is 13.0 Å². The Bertz CT molecular complexity index is 1460. The average Bonchev–Trinajstić information content (AvgIpc) is 3.45. The maximum absolute atomic E-state index is 13.5. The molecular formula is C28H28N6O4. The summed E-state index contributed by atoms with van der Waals surface area (Å²) < 4.78 is 1.74. The molecule has 1 aromatic carbocycles. The first kappa shape index (κ1) is 24.0. The van der Waals surface area contributed by atoms with Gasteiger partial charge in [0.2, 0.25) is 11.8 Å². The highest BCUT2D eigenvalue weighted by Gasteiger charge is 2.39. The first-order valence-electron chi connectivity index (χ1n) is 12.9. The number of nitrogens with one attached hydrogen (secondary N) is 2. The molecule has 3 aliphatic rings. The predicted molar refractivity (Wildman–Crippen MR) is 136 cm³/mol. The number of hydrogen-bond acceptors (Lipinski definition) is 6. The van der Waals surface area contributed by atoms with Crippen LogP contribution in [0.4, 0.5) is 0 Å². The Morgan fingerprint density at radius 1 is 1.13 bits per heavy atom. The molecule has 10 heteroatoms. The molecule has 2 atom stereocenters. The highest BCUT2D eigenvalue weighted by Crippen LogP contribution is 2.40. The quantitative estimate of drug-likeness (QED) is 0.489. The Balaban J connectivity index is 1.25. The van der Waals surface area contributed by atoms with Gasteiger partial charge < -0.3 is 10.2 Å². The van der Waals surface area contributed by atoms with Crippen LogP contribution in [0.15, 0.2) is 48.9 Å². The smallest absolute Gasteiger partial charge is 0.255 e. The standard InChI is InChI=1S/C28H28N6O4/c1-33-14-19(13-30-33)20-6-3-11-29-25(20)24(16-4-2-5-16)32-26(36)17-7-8-21-18(12-17)15-34(28(21)38)22-9-10-23(35)31-27(22)37/h3,6-8,11-14,16,22,24H,2,4-5,9-10,15H2,1H3,(H,32,36)(H,31,35,37)/t22-,24-/m0/s1. The Hall–Kier alpha value is -4.34. The molecule has 2 fully saturated rings. The van der Waals surface area contributed by atoms with Gasteiger partial charge in [-0.05, 0) is 55.0 Å². The van der Waals surface area contributed by atoms with E-state index in [1.165, 1.54) is 4.90 Å². The lowest BCUT2D eigenvalue weighted by Crippen LogP contribution is -2.52. The lowest BCUT2D eigenvalue weighted by Gasteiger charge is -2.34. The topological polar surface area (TPSA) is 126 Å². The summed E-state index contributed by atoms with van der Waals surface area (Å²) in [5.74, 6) is -0.996. The SMILES string of the molecule is Cn1cc(-c2cccnc2[C@@H](NC(=O)c2ccc3c(c2)CN([C@H]2CCC(=O)NC2=O)C3=O)C2CCC2)cn1. The van der Waals surface area contributed by atoms with Gasteiger partial charge in [0, 0.05) is 54.7 Å². The lowest BCUT2D eigenvalue weighted by molar-refractivity contribution is -0.136.